The Morgan fingerprint density at radius 3 is 1.79 bits per heavy atom. The van der Waals surface area contributed by atoms with Gasteiger partial charge < -0.3 is 5.32 Å². The molecule has 1 heterocycles. The van der Waals surface area contributed by atoms with E-state index < -0.39 is 5.54 Å². The van der Waals surface area contributed by atoms with E-state index in [0.29, 0.717) is 24.7 Å². The lowest BCUT2D eigenvalue weighted by molar-refractivity contribution is -0.135. The Bertz CT molecular complexity index is 544. The molecule has 1 aliphatic heterocycles. The summed E-state index contributed by atoms with van der Waals surface area (Å²) in [6.07, 6.45) is 18.4. The Balaban J connectivity index is 1.50. The normalized spacial score (nSPS) is 31.6. The third-order valence-electron chi connectivity index (χ3n) is 8.11. The topological polar surface area (TPSA) is 52.7 Å². The summed E-state index contributed by atoms with van der Waals surface area (Å²) in [5.74, 6) is 0.321. The van der Waals surface area contributed by atoms with E-state index in [1.165, 1.54) is 83.5 Å². The zero-order valence-corrected chi connectivity index (χ0v) is 17.8. The van der Waals surface area contributed by atoms with Crippen LogP contribution in [-0.2, 0) is 4.79 Å². The van der Waals surface area contributed by atoms with Gasteiger partial charge in [0.15, 0.2) is 0 Å². The predicted octanol–water partition coefficient (Wildman–Crippen LogP) is 4.80. The molecule has 0 aromatic carbocycles. The highest BCUT2D eigenvalue weighted by Crippen LogP contribution is 2.37. The number of rotatable bonds is 5. The SMILES string of the molecule is CC1(C2CCCCC2)NC(=O)N(CN(C2CCCCC2)C2CCCCC2)C1=O. The summed E-state index contributed by atoms with van der Waals surface area (Å²) >= 11 is 0. The zero-order valence-electron chi connectivity index (χ0n) is 17.8. The van der Waals surface area contributed by atoms with Gasteiger partial charge in [0.25, 0.3) is 5.91 Å². The van der Waals surface area contributed by atoms with Crippen molar-refractivity contribution in [1.82, 2.24) is 15.1 Å². The molecule has 5 heteroatoms. The number of nitrogens with one attached hydrogen (secondary N) is 1. The van der Waals surface area contributed by atoms with E-state index in [0.717, 1.165) is 12.8 Å². The number of imide groups is 1. The predicted molar refractivity (Wildman–Crippen MR) is 111 cm³/mol. The molecule has 3 saturated carbocycles. The summed E-state index contributed by atoms with van der Waals surface area (Å²) in [5, 5.41) is 3.12. The van der Waals surface area contributed by atoms with Crippen molar-refractivity contribution in [2.45, 2.75) is 121 Å². The van der Waals surface area contributed by atoms with Crippen molar-refractivity contribution in [2.75, 3.05) is 6.67 Å². The average molecular weight is 390 g/mol. The Morgan fingerprint density at radius 1 is 0.821 bits per heavy atom. The van der Waals surface area contributed by atoms with Gasteiger partial charge in [0.2, 0.25) is 0 Å². The summed E-state index contributed by atoms with van der Waals surface area (Å²) < 4.78 is 0. The molecule has 1 atom stereocenters. The smallest absolute Gasteiger partial charge is 0.323 e. The second-order valence-electron chi connectivity index (χ2n) is 9.94. The van der Waals surface area contributed by atoms with Crippen molar-refractivity contribution in [3.8, 4) is 0 Å². The molecular weight excluding hydrogens is 350 g/mol. The van der Waals surface area contributed by atoms with Crippen LogP contribution in [-0.4, -0.2) is 46.0 Å². The fourth-order valence-electron chi connectivity index (χ4n) is 6.32. The number of urea groups is 1. The molecule has 28 heavy (non-hydrogen) atoms. The molecule has 1 saturated heterocycles. The summed E-state index contributed by atoms with van der Waals surface area (Å²) in [6.45, 7) is 2.48. The first-order valence-corrected chi connectivity index (χ1v) is 12.0. The van der Waals surface area contributed by atoms with E-state index in [2.05, 4.69) is 10.2 Å². The van der Waals surface area contributed by atoms with Crippen molar-refractivity contribution in [1.29, 1.82) is 0 Å². The van der Waals surface area contributed by atoms with Crippen LogP contribution in [0.4, 0.5) is 4.79 Å². The fraction of sp³-hybridized carbons (Fsp3) is 0.913. The second kappa shape index (κ2) is 8.73. The van der Waals surface area contributed by atoms with E-state index in [1.807, 2.05) is 6.92 Å². The number of carbonyl (C=O) groups is 2. The standard InChI is InChI=1S/C23H39N3O2/c1-23(18-11-5-2-6-12-18)21(27)26(22(28)24-23)17-25(19-13-7-3-8-14-19)20-15-9-4-10-16-20/h18-20H,2-17H2,1H3,(H,24,28). The minimum atomic E-state index is -0.692. The largest absolute Gasteiger partial charge is 0.326 e. The first-order valence-electron chi connectivity index (χ1n) is 12.0. The van der Waals surface area contributed by atoms with Gasteiger partial charge in [-0.1, -0.05) is 57.8 Å². The van der Waals surface area contributed by atoms with Gasteiger partial charge in [0.05, 0.1) is 6.67 Å². The number of nitrogens with zero attached hydrogens (tertiary/aromatic N) is 2. The van der Waals surface area contributed by atoms with Gasteiger partial charge in [-0.25, -0.2) is 9.69 Å². The lowest BCUT2D eigenvalue weighted by atomic mass is 9.75. The molecule has 4 rings (SSSR count). The van der Waals surface area contributed by atoms with Crippen molar-refractivity contribution in [3.05, 3.63) is 0 Å². The number of hydrogen-bond acceptors (Lipinski definition) is 3. The van der Waals surface area contributed by atoms with Crippen molar-refractivity contribution >= 4 is 11.9 Å². The quantitative estimate of drug-likeness (QED) is 0.687. The highest BCUT2D eigenvalue weighted by atomic mass is 16.2. The van der Waals surface area contributed by atoms with Crippen LogP contribution in [0.3, 0.4) is 0 Å². The number of carbonyl (C=O) groups excluding carboxylic acids is 2. The van der Waals surface area contributed by atoms with Gasteiger partial charge in [0, 0.05) is 12.1 Å². The van der Waals surface area contributed by atoms with Crippen LogP contribution in [0.2, 0.25) is 0 Å². The molecule has 0 bridgehead atoms. The van der Waals surface area contributed by atoms with Gasteiger partial charge in [-0.2, -0.15) is 0 Å². The molecule has 158 valence electrons. The van der Waals surface area contributed by atoms with Crippen molar-refractivity contribution in [2.24, 2.45) is 5.92 Å². The summed E-state index contributed by atoms with van der Waals surface area (Å²) in [7, 11) is 0. The van der Waals surface area contributed by atoms with Crippen LogP contribution in [0.25, 0.3) is 0 Å². The van der Waals surface area contributed by atoms with E-state index in [-0.39, 0.29) is 11.9 Å². The van der Waals surface area contributed by atoms with Crippen LogP contribution in [0, 0.1) is 5.92 Å². The van der Waals surface area contributed by atoms with E-state index >= 15 is 0 Å². The maximum Gasteiger partial charge on any atom is 0.326 e. The molecule has 3 aliphatic carbocycles. The highest BCUT2D eigenvalue weighted by molar-refractivity contribution is 6.07. The van der Waals surface area contributed by atoms with Crippen LogP contribution >= 0.6 is 0 Å². The van der Waals surface area contributed by atoms with Crippen LogP contribution in [0.1, 0.15) is 103 Å². The summed E-state index contributed by atoms with van der Waals surface area (Å²) in [5.41, 5.74) is -0.692. The summed E-state index contributed by atoms with van der Waals surface area (Å²) in [6, 6.07) is 0.924. The maximum atomic E-state index is 13.5. The number of amides is 3. The molecule has 0 aromatic rings. The highest BCUT2D eigenvalue weighted by Gasteiger charge is 2.53. The first kappa shape index (κ1) is 20.2. The minimum absolute atomic E-state index is 0.0287. The van der Waals surface area contributed by atoms with Gasteiger partial charge in [-0.3, -0.25) is 9.69 Å². The molecule has 1 unspecified atom stereocenters. The van der Waals surface area contributed by atoms with Crippen LogP contribution < -0.4 is 5.32 Å². The fourth-order valence-corrected chi connectivity index (χ4v) is 6.32. The third-order valence-corrected chi connectivity index (χ3v) is 8.11. The lowest BCUT2D eigenvalue weighted by Gasteiger charge is -2.43. The minimum Gasteiger partial charge on any atom is -0.323 e. The Labute approximate surface area is 170 Å². The molecule has 5 nitrogen and oxygen atoms in total. The molecule has 0 spiro atoms. The molecule has 0 radical (unpaired) electrons. The second-order valence-corrected chi connectivity index (χ2v) is 9.94. The Kier molecular flexibility index (Phi) is 6.29. The summed E-state index contributed by atoms with van der Waals surface area (Å²) in [4.78, 5) is 30.5. The lowest BCUT2D eigenvalue weighted by Crippen LogP contribution is -2.54. The van der Waals surface area contributed by atoms with Gasteiger partial charge in [-0.05, 0) is 51.4 Å². The van der Waals surface area contributed by atoms with E-state index in [1.54, 1.807) is 4.90 Å². The van der Waals surface area contributed by atoms with E-state index in [4.69, 9.17) is 0 Å². The van der Waals surface area contributed by atoms with Gasteiger partial charge >= 0.3 is 6.03 Å². The Hall–Kier alpha value is -1.10. The third kappa shape index (κ3) is 3.96. The van der Waals surface area contributed by atoms with Crippen LogP contribution in [0.5, 0.6) is 0 Å². The maximum absolute atomic E-state index is 13.5. The van der Waals surface area contributed by atoms with Crippen LogP contribution in [0.15, 0.2) is 0 Å². The molecule has 4 aliphatic rings. The first-order chi connectivity index (χ1) is 13.6. The molecule has 3 amide bonds. The van der Waals surface area contributed by atoms with Gasteiger partial charge in [0.1, 0.15) is 5.54 Å². The van der Waals surface area contributed by atoms with Crippen molar-refractivity contribution < 1.29 is 9.59 Å². The average Bonchev–Trinajstić information content (AvgIpc) is 2.97. The van der Waals surface area contributed by atoms with Gasteiger partial charge in [-0.15, -0.1) is 0 Å². The zero-order chi connectivity index (χ0) is 19.6. The Morgan fingerprint density at radius 2 is 1.29 bits per heavy atom. The molecular formula is C23H39N3O2. The number of hydrogen-bond donors (Lipinski definition) is 1. The van der Waals surface area contributed by atoms with Crippen molar-refractivity contribution in [3.63, 3.8) is 0 Å². The molecule has 4 fully saturated rings. The monoisotopic (exact) mass is 389 g/mol. The molecule has 1 N–H and O–H groups in total. The molecule has 0 aromatic heterocycles. The van der Waals surface area contributed by atoms with E-state index in [9.17, 15) is 9.59 Å².